The SMILES string of the molecule is COc1ccc(C(=O)Nc2ccc(C)c(C)c2)cc1S(=O)(=O)N1CCN(C)CC1. The molecule has 0 spiro atoms. The number of methoxy groups -OCH3 is 1. The molecule has 29 heavy (non-hydrogen) atoms. The van der Waals surface area contributed by atoms with Crippen molar-refractivity contribution in [3.63, 3.8) is 0 Å². The first kappa shape index (κ1) is 21.3. The van der Waals surface area contributed by atoms with Gasteiger partial charge in [-0.2, -0.15) is 4.31 Å². The molecule has 0 unspecified atom stereocenters. The molecular weight excluding hydrogens is 390 g/mol. The van der Waals surface area contributed by atoms with Crippen molar-refractivity contribution in [2.24, 2.45) is 0 Å². The van der Waals surface area contributed by atoms with Crippen LogP contribution in [0.5, 0.6) is 5.75 Å². The lowest BCUT2D eigenvalue weighted by Crippen LogP contribution is -2.47. The molecule has 1 amide bonds. The highest BCUT2D eigenvalue weighted by molar-refractivity contribution is 7.89. The summed E-state index contributed by atoms with van der Waals surface area (Å²) in [5.74, 6) is -0.141. The van der Waals surface area contributed by atoms with E-state index < -0.39 is 10.0 Å². The van der Waals surface area contributed by atoms with Gasteiger partial charge in [-0.3, -0.25) is 4.79 Å². The zero-order valence-electron chi connectivity index (χ0n) is 17.2. The Morgan fingerprint density at radius 2 is 1.69 bits per heavy atom. The van der Waals surface area contributed by atoms with Crippen molar-refractivity contribution < 1.29 is 17.9 Å². The number of ether oxygens (including phenoxy) is 1. The summed E-state index contributed by atoms with van der Waals surface area (Å²) in [6, 6.07) is 10.1. The molecule has 8 heteroatoms. The Bertz CT molecular complexity index is 1010. The van der Waals surface area contributed by atoms with Gasteiger partial charge in [0.1, 0.15) is 10.6 Å². The molecule has 0 aromatic heterocycles. The number of nitrogens with one attached hydrogen (secondary N) is 1. The van der Waals surface area contributed by atoms with E-state index in [1.807, 2.05) is 39.1 Å². The molecule has 1 fully saturated rings. The first-order valence-electron chi connectivity index (χ1n) is 9.47. The minimum absolute atomic E-state index is 0.0114. The van der Waals surface area contributed by atoms with Crippen LogP contribution in [0.3, 0.4) is 0 Å². The molecule has 156 valence electrons. The van der Waals surface area contributed by atoms with Crippen LogP contribution < -0.4 is 10.1 Å². The number of nitrogens with zero attached hydrogens (tertiary/aromatic N) is 2. The van der Waals surface area contributed by atoms with Gasteiger partial charge in [0, 0.05) is 37.4 Å². The number of anilines is 1. The zero-order valence-corrected chi connectivity index (χ0v) is 18.0. The molecule has 0 radical (unpaired) electrons. The summed E-state index contributed by atoms with van der Waals surface area (Å²) in [7, 11) is -0.383. The van der Waals surface area contributed by atoms with Gasteiger partial charge in [-0.25, -0.2) is 8.42 Å². The largest absolute Gasteiger partial charge is 0.495 e. The molecule has 1 aliphatic heterocycles. The van der Waals surface area contributed by atoms with Crippen LogP contribution in [-0.4, -0.2) is 63.9 Å². The number of likely N-dealkylation sites (N-methyl/N-ethyl adjacent to an activating group) is 1. The molecule has 0 aliphatic carbocycles. The lowest BCUT2D eigenvalue weighted by atomic mass is 10.1. The summed E-state index contributed by atoms with van der Waals surface area (Å²) < 4.78 is 33.1. The van der Waals surface area contributed by atoms with Crippen molar-refractivity contribution in [3.8, 4) is 5.75 Å². The van der Waals surface area contributed by atoms with Crippen molar-refractivity contribution in [1.82, 2.24) is 9.21 Å². The fraction of sp³-hybridized carbons (Fsp3) is 0.381. The minimum atomic E-state index is -3.77. The molecular formula is C21H27N3O4S. The Morgan fingerprint density at radius 3 is 2.31 bits per heavy atom. The second kappa shape index (κ2) is 8.52. The lowest BCUT2D eigenvalue weighted by molar-refractivity contribution is 0.102. The third-order valence-corrected chi connectivity index (χ3v) is 7.19. The average Bonchev–Trinajstić information content (AvgIpc) is 2.70. The molecule has 1 heterocycles. The molecule has 2 aromatic rings. The number of hydrogen-bond donors (Lipinski definition) is 1. The van der Waals surface area contributed by atoms with Crippen LogP contribution in [0, 0.1) is 13.8 Å². The first-order valence-corrected chi connectivity index (χ1v) is 10.9. The summed E-state index contributed by atoms with van der Waals surface area (Å²) >= 11 is 0. The normalized spacial score (nSPS) is 15.9. The molecule has 2 aromatic carbocycles. The third kappa shape index (κ3) is 4.60. The smallest absolute Gasteiger partial charge is 0.255 e. The number of carbonyl (C=O) groups excluding carboxylic acids is 1. The standard InChI is InChI=1S/C21H27N3O4S/c1-15-5-7-18(13-16(15)2)22-21(25)17-6-8-19(28-4)20(14-17)29(26,27)24-11-9-23(3)10-12-24/h5-8,13-14H,9-12H2,1-4H3,(H,22,25). The van der Waals surface area contributed by atoms with Crippen molar-refractivity contribution in [3.05, 3.63) is 53.1 Å². The third-order valence-electron chi connectivity index (χ3n) is 5.27. The van der Waals surface area contributed by atoms with Gasteiger partial charge in [0.2, 0.25) is 10.0 Å². The number of piperazine rings is 1. The van der Waals surface area contributed by atoms with Crippen LogP contribution in [0.25, 0.3) is 0 Å². The summed E-state index contributed by atoms with van der Waals surface area (Å²) in [6.07, 6.45) is 0. The Labute approximate surface area is 172 Å². The number of rotatable bonds is 5. The lowest BCUT2D eigenvalue weighted by Gasteiger charge is -2.31. The van der Waals surface area contributed by atoms with Crippen LogP contribution in [0.4, 0.5) is 5.69 Å². The van der Waals surface area contributed by atoms with E-state index in [1.165, 1.54) is 23.5 Å². The van der Waals surface area contributed by atoms with Crippen molar-refractivity contribution in [1.29, 1.82) is 0 Å². The molecule has 0 bridgehead atoms. The number of hydrogen-bond acceptors (Lipinski definition) is 5. The van der Waals surface area contributed by atoms with Crippen LogP contribution in [0.15, 0.2) is 41.3 Å². The van der Waals surface area contributed by atoms with Gasteiger partial charge in [0.05, 0.1) is 7.11 Å². The van der Waals surface area contributed by atoms with Gasteiger partial charge in [-0.05, 0) is 62.4 Å². The monoisotopic (exact) mass is 417 g/mol. The van der Waals surface area contributed by atoms with Crippen molar-refractivity contribution in [2.45, 2.75) is 18.7 Å². The molecule has 3 rings (SSSR count). The summed E-state index contributed by atoms with van der Waals surface area (Å²) in [6.45, 7) is 6.10. The molecule has 1 saturated heterocycles. The first-order chi connectivity index (χ1) is 13.7. The highest BCUT2D eigenvalue weighted by atomic mass is 32.2. The van der Waals surface area contributed by atoms with E-state index in [-0.39, 0.29) is 22.1 Å². The molecule has 1 N–H and O–H groups in total. The van der Waals surface area contributed by atoms with Crippen LogP contribution in [-0.2, 0) is 10.0 Å². The van der Waals surface area contributed by atoms with Crippen LogP contribution >= 0.6 is 0 Å². The number of benzene rings is 2. The molecule has 0 saturated carbocycles. The average molecular weight is 418 g/mol. The number of aryl methyl sites for hydroxylation is 2. The number of carbonyl (C=O) groups is 1. The van der Waals surface area contributed by atoms with Gasteiger partial charge >= 0.3 is 0 Å². The molecule has 0 atom stereocenters. The maximum Gasteiger partial charge on any atom is 0.255 e. The van der Waals surface area contributed by atoms with Gasteiger partial charge in [0.25, 0.3) is 5.91 Å². The highest BCUT2D eigenvalue weighted by Gasteiger charge is 2.30. The predicted octanol–water partition coefficient (Wildman–Crippen LogP) is 2.50. The van der Waals surface area contributed by atoms with Crippen LogP contribution in [0.2, 0.25) is 0 Å². The Hall–Kier alpha value is -2.42. The number of amides is 1. The van der Waals surface area contributed by atoms with Crippen LogP contribution in [0.1, 0.15) is 21.5 Å². The minimum Gasteiger partial charge on any atom is -0.495 e. The maximum atomic E-state index is 13.2. The Morgan fingerprint density at radius 1 is 1.00 bits per heavy atom. The van der Waals surface area contributed by atoms with E-state index in [0.717, 1.165) is 11.1 Å². The Balaban J connectivity index is 1.90. The van der Waals surface area contributed by atoms with E-state index in [9.17, 15) is 13.2 Å². The van der Waals surface area contributed by atoms with Gasteiger partial charge in [0.15, 0.2) is 0 Å². The second-order valence-electron chi connectivity index (χ2n) is 7.33. The second-order valence-corrected chi connectivity index (χ2v) is 9.23. The summed E-state index contributed by atoms with van der Waals surface area (Å²) in [5.41, 5.74) is 3.12. The maximum absolute atomic E-state index is 13.2. The van der Waals surface area contributed by atoms with E-state index in [0.29, 0.717) is 31.9 Å². The highest BCUT2D eigenvalue weighted by Crippen LogP contribution is 2.29. The fourth-order valence-corrected chi connectivity index (χ4v) is 4.81. The van der Waals surface area contributed by atoms with Gasteiger partial charge < -0.3 is 15.0 Å². The Kier molecular flexibility index (Phi) is 6.26. The van der Waals surface area contributed by atoms with Gasteiger partial charge in [-0.15, -0.1) is 0 Å². The quantitative estimate of drug-likeness (QED) is 0.809. The zero-order chi connectivity index (χ0) is 21.2. The topological polar surface area (TPSA) is 78.9 Å². The van der Waals surface area contributed by atoms with E-state index in [4.69, 9.17) is 4.74 Å². The van der Waals surface area contributed by atoms with E-state index in [1.54, 1.807) is 6.07 Å². The fourth-order valence-electron chi connectivity index (χ4n) is 3.21. The van der Waals surface area contributed by atoms with Crippen molar-refractivity contribution in [2.75, 3.05) is 45.7 Å². The van der Waals surface area contributed by atoms with E-state index in [2.05, 4.69) is 10.2 Å². The molecule has 1 aliphatic rings. The number of sulfonamides is 1. The van der Waals surface area contributed by atoms with Crippen molar-refractivity contribution >= 4 is 21.6 Å². The van der Waals surface area contributed by atoms with Gasteiger partial charge in [-0.1, -0.05) is 6.07 Å². The predicted molar refractivity (Wildman–Crippen MR) is 113 cm³/mol. The summed E-state index contributed by atoms with van der Waals surface area (Å²) in [4.78, 5) is 14.8. The van der Waals surface area contributed by atoms with E-state index >= 15 is 0 Å². The summed E-state index contributed by atoms with van der Waals surface area (Å²) in [5, 5.41) is 2.83. The molecule has 7 nitrogen and oxygen atoms in total.